The van der Waals surface area contributed by atoms with E-state index in [9.17, 15) is 0 Å². The first-order chi connectivity index (χ1) is 8.25. The van der Waals surface area contributed by atoms with Gasteiger partial charge in [-0.3, -0.25) is 0 Å². The van der Waals surface area contributed by atoms with Crippen molar-refractivity contribution in [3.63, 3.8) is 0 Å². The molecule has 0 aromatic heterocycles. The van der Waals surface area contributed by atoms with Gasteiger partial charge >= 0.3 is 0 Å². The van der Waals surface area contributed by atoms with Crippen molar-refractivity contribution in [1.82, 2.24) is 5.32 Å². The van der Waals surface area contributed by atoms with Gasteiger partial charge in [0.25, 0.3) is 0 Å². The van der Waals surface area contributed by atoms with Crippen LogP contribution in [0.5, 0.6) is 0 Å². The lowest BCUT2D eigenvalue weighted by atomic mass is 9.98. The van der Waals surface area contributed by atoms with E-state index in [0.29, 0.717) is 5.92 Å². The predicted molar refractivity (Wildman–Crippen MR) is 74.3 cm³/mol. The maximum absolute atomic E-state index is 3.71. The molecule has 1 aliphatic rings. The fourth-order valence-corrected chi connectivity index (χ4v) is 2.84. The fraction of sp³-hybridized carbons (Fsp3) is 0.625. The van der Waals surface area contributed by atoms with Crippen molar-refractivity contribution < 1.29 is 0 Å². The Bertz CT molecular complexity index is 320. The largest absolute Gasteiger partial charge is 0.314 e. The van der Waals surface area contributed by atoms with Gasteiger partial charge in [0.1, 0.15) is 0 Å². The third-order valence-electron chi connectivity index (χ3n) is 4.07. The number of hydrogen-bond donors (Lipinski definition) is 1. The molecule has 17 heavy (non-hydrogen) atoms. The Hall–Kier alpha value is -0.820. The van der Waals surface area contributed by atoms with Crippen molar-refractivity contribution in [3.8, 4) is 0 Å². The average Bonchev–Trinajstić information content (AvgIpc) is 2.76. The van der Waals surface area contributed by atoms with Crippen molar-refractivity contribution in [2.45, 2.75) is 51.5 Å². The van der Waals surface area contributed by atoms with Crippen molar-refractivity contribution in [2.24, 2.45) is 5.92 Å². The SMILES string of the molecule is CC1CCC(NCCC(C)c2ccccc2)C1. The molecule has 0 radical (unpaired) electrons. The zero-order chi connectivity index (χ0) is 12.1. The minimum absolute atomic E-state index is 0.669. The minimum atomic E-state index is 0.669. The Labute approximate surface area is 106 Å². The Morgan fingerprint density at radius 2 is 2.00 bits per heavy atom. The van der Waals surface area contributed by atoms with Crippen LogP contribution in [0.3, 0.4) is 0 Å². The van der Waals surface area contributed by atoms with Crippen molar-refractivity contribution in [1.29, 1.82) is 0 Å². The maximum atomic E-state index is 3.71. The van der Waals surface area contributed by atoms with Gasteiger partial charge in [-0.25, -0.2) is 0 Å². The molecule has 0 spiro atoms. The zero-order valence-electron chi connectivity index (χ0n) is 11.2. The molecular weight excluding hydrogens is 206 g/mol. The van der Waals surface area contributed by atoms with Crippen LogP contribution in [0.1, 0.15) is 51.0 Å². The highest BCUT2D eigenvalue weighted by atomic mass is 14.9. The Kier molecular flexibility index (Phi) is 4.61. The number of nitrogens with one attached hydrogen (secondary N) is 1. The second-order valence-corrected chi connectivity index (χ2v) is 5.67. The number of hydrogen-bond acceptors (Lipinski definition) is 1. The molecule has 0 aliphatic heterocycles. The molecule has 1 aliphatic carbocycles. The molecule has 3 unspecified atom stereocenters. The molecule has 1 aromatic carbocycles. The van der Waals surface area contributed by atoms with E-state index in [1.165, 1.54) is 31.2 Å². The number of benzene rings is 1. The summed E-state index contributed by atoms with van der Waals surface area (Å²) in [5, 5.41) is 3.71. The van der Waals surface area contributed by atoms with Crippen molar-refractivity contribution in [2.75, 3.05) is 6.54 Å². The maximum Gasteiger partial charge on any atom is 0.00697 e. The second kappa shape index (κ2) is 6.20. The molecule has 0 amide bonds. The molecule has 1 aromatic rings. The molecule has 1 saturated carbocycles. The van der Waals surface area contributed by atoms with Crippen LogP contribution in [0.4, 0.5) is 0 Å². The summed E-state index contributed by atoms with van der Waals surface area (Å²) in [5.41, 5.74) is 1.47. The van der Waals surface area contributed by atoms with E-state index < -0.39 is 0 Å². The normalized spacial score (nSPS) is 26.0. The summed E-state index contributed by atoms with van der Waals surface area (Å²) in [5.74, 6) is 1.60. The molecule has 1 fully saturated rings. The highest BCUT2D eigenvalue weighted by Crippen LogP contribution is 2.25. The molecular formula is C16H25N. The van der Waals surface area contributed by atoms with Crippen LogP contribution < -0.4 is 5.32 Å². The summed E-state index contributed by atoms with van der Waals surface area (Å²) in [4.78, 5) is 0. The van der Waals surface area contributed by atoms with Crippen LogP contribution in [0.2, 0.25) is 0 Å². The van der Waals surface area contributed by atoms with Gasteiger partial charge in [-0.2, -0.15) is 0 Å². The van der Waals surface area contributed by atoms with Crippen molar-refractivity contribution in [3.05, 3.63) is 35.9 Å². The summed E-state index contributed by atoms with van der Waals surface area (Å²) in [6.07, 6.45) is 5.40. The molecule has 2 rings (SSSR count). The van der Waals surface area contributed by atoms with Crippen LogP contribution in [-0.4, -0.2) is 12.6 Å². The lowest BCUT2D eigenvalue weighted by Crippen LogP contribution is -2.28. The van der Waals surface area contributed by atoms with Gasteiger partial charge in [0.2, 0.25) is 0 Å². The van der Waals surface area contributed by atoms with E-state index in [0.717, 1.165) is 18.5 Å². The molecule has 0 bridgehead atoms. The lowest BCUT2D eigenvalue weighted by Gasteiger charge is -2.16. The van der Waals surface area contributed by atoms with E-state index in [1.807, 2.05) is 0 Å². The van der Waals surface area contributed by atoms with Gasteiger partial charge < -0.3 is 5.32 Å². The lowest BCUT2D eigenvalue weighted by molar-refractivity contribution is 0.482. The highest BCUT2D eigenvalue weighted by Gasteiger charge is 2.20. The third-order valence-corrected chi connectivity index (χ3v) is 4.07. The van der Waals surface area contributed by atoms with Crippen LogP contribution in [0, 0.1) is 5.92 Å². The fourth-order valence-electron chi connectivity index (χ4n) is 2.84. The van der Waals surface area contributed by atoms with Gasteiger partial charge in [-0.05, 0) is 49.6 Å². The van der Waals surface area contributed by atoms with E-state index in [-0.39, 0.29) is 0 Å². The second-order valence-electron chi connectivity index (χ2n) is 5.67. The molecule has 0 heterocycles. The monoisotopic (exact) mass is 231 g/mol. The smallest absolute Gasteiger partial charge is 0.00697 e. The van der Waals surface area contributed by atoms with E-state index in [1.54, 1.807) is 0 Å². The van der Waals surface area contributed by atoms with Gasteiger partial charge in [0.05, 0.1) is 0 Å². The standard InChI is InChI=1S/C16H25N/c1-13-8-9-16(12-13)17-11-10-14(2)15-6-4-3-5-7-15/h3-7,13-14,16-17H,8-12H2,1-2H3. The number of rotatable bonds is 5. The van der Waals surface area contributed by atoms with E-state index in [2.05, 4.69) is 49.5 Å². The van der Waals surface area contributed by atoms with Crippen molar-refractivity contribution >= 4 is 0 Å². The van der Waals surface area contributed by atoms with Gasteiger partial charge in [0, 0.05) is 6.04 Å². The van der Waals surface area contributed by atoms with Gasteiger partial charge in [0.15, 0.2) is 0 Å². The van der Waals surface area contributed by atoms with E-state index in [4.69, 9.17) is 0 Å². The minimum Gasteiger partial charge on any atom is -0.314 e. The molecule has 1 heteroatoms. The molecule has 1 nitrogen and oxygen atoms in total. The van der Waals surface area contributed by atoms with Crippen LogP contribution >= 0.6 is 0 Å². The highest BCUT2D eigenvalue weighted by molar-refractivity contribution is 5.18. The third kappa shape index (κ3) is 3.85. The first-order valence-electron chi connectivity index (χ1n) is 7.04. The Balaban J connectivity index is 1.68. The summed E-state index contributed by atoms with van der Waals surface area (Å²) >= 11 is 0. The summed E-state index contributed by atoms with van der Waals surface area (Å²) in [6.45, 7) is 5.86. The van der Waals surface area contributed by atoms with Crippen LogP contribution in [0.25, 0.3) is 0 Å². The predicted octanol–water partition coefficient (Wildman–Crippen LogP) is 3.96. The first-order valence-corrected chi connectivity index (χ1v) is 7.04. The summed E-state index contributed by atoms with van der Waals surface area (Å²) < 4.78 is 0. The van der Waals surface area contributed by atoms with Crippen LogP contribution in [0.15, 0.2) is 30.3 Å². The Morgan fingerprint density at radius 3 is 2.65 bits per heavy atom. The zero-order valence-corrected chi connectivity index (χ0v) is 11.2. The Morgan fingerprint density at radius 1 is 1.24 bits per heavy atom. The molecule has 3 atom stereocenters. The van der Waals surface area contributed by atoms with Crippen LogP contribution in [-0.2, 0) is 0 Å². The average molecular weight is 231 g/mol. The molecule has 1 N–H and O–H groups in total. The van der Waals surface area contributed by atoms with E-state index >= 15 is 0 Å². The molecule has 94 valence electrons. The van der Waals surface area contributed by atoms with Gasteiger partial charge in [-0.1, -0.05) is 44.2 Å². The first kappa shape index (κ1) is 12.6. The summed E-state index contributed by atoms with van der Waals surface area (Å²) in [6, 6.07) is 11.6. The van der Waals surface area contributed by atoms with Gasteiger partial charge in [-0.15, -0.1) is 0 Å². The summed E-state index contributed by atoms with van der Waals surface area (Å²) in [7, 11) is 0. The quantitative estimate of drug-likeness (QED) is 0.809. The topological polar surface area (TPSA) is 12.0 Å². The molecule has 0 saturated heterocycles.